The number of nitrogens with zero attached hydrogens (tertiary/aromatic N) is 3. The summed E-state index contributed by atoms with van der Waals surface area (Å²) in [6, 6.07) is 42.1. The van der Waals surface area contributed by atoms with Gasteiger partial charge < -0.3 is 18.8 Å². The molecule has 4 heterocycles. The van der Waals surface area contributed by atoms with Gasteiger partial charge in [0.2, 0.25) is 5.89 Å². The molecule has 0 atom stereocenters. The fraction of sp³-hybridized carbons (Fsp3) is 0.0789. The number of fused-ring (bicyclic) bond motifs is 4. The Labute approximate surface area is 269 Å². The van der Waals surface area contributed by atoms with Gasteiger partial charge in [0, 0.05) is 49.5 Å². The molecule has 4 aromatic heterocycles. The zero-order valence-electron chi connectivity index (χ0n) is 24.1. The summed E-state index contributed by atoms with van der Waals surface area (Å²) in [7, 11) is 0. The van der Waals surface area contributed by atoms with E-state index in [1.807, 2.05) is 103 Å². The van der Waals surface area contributed by atoms with Crippen molar-refractivity contribution in [2.24, 2.45) is 0 Å². The second-order valence-electron chi connectivity index (χ2n) is 10.5. The van der Waals surface area contributed by atoms with Gasteiger partial charge in [-0.3, -0.25) is 0 Å². The molecular formula is C38H27IrN3O2-2. The second-order valence-corrected chi connectivity index (χ2v) is 10.5. The average Bonchev–Trinajstić information content (AvgIpc) is 3.66. The van der Waals surface area contributed by atoms with E-state index >= 15 is 0 Å². The van der Waals surface area contributed by atoms with Crippen LogP contribution in [0.15, 0.2) is 130 Å². The fourth-order valence-electron chi connectivity index (χ4n) is 5.07. The molecule has 0 saturated carbocycles. The third-order valence-electron chi connectivity index (χ3n) is 7.32. The summed E-state index contributed by atoms with van der Waals surface area (Å²) in [6.07, 6.45) is 3.64. The van der Waals surface area contributed by atoms with Crippen LogP contribution < -0.4 is 0 Å². The first kappa shape index (κ1) is 29.2. The Kier molecular flexibility index (Phi) is 8.47. The van der Waals surface area contributed by atoms with Gasteiger partial charge in [0.15, 0.2) is 5.58 Å². The molecule has 0 saturated heterocycles. The quantitative estimate of drug-likeness (QED) is 0.168. The largest absolute Gasteiger partial charge is 0.501 e. The zero-order chi connectivity index (χ0) is 29.2. The molecule has 0 unspecified atom stereocenters. The molecule has 0 aliphatic heterocycles. The minimum absolute atomic E-state index is 0. The Morgan fingerprint density at radius 2 is 1.48 bits per heavy atom. The number of rotatable bonds is 4. The number of benzene rings is 4. The molecule has 0 N–H and O–H groups in total. The van der Waals surface area contributed by atoms with Crippen LogP contribution in [0.1, 0.15) is 25.3 Å². The molecule has 4 aromatic carbocycles. The van der Waals surface area contributed by atoms with Crippen molar-refractivity contribution in [3.05, 3.63) is 139 Å². The minimum Gasteiger partial charge on any atom is -0.501 e. The molecule has 0 aliphatic carbocycles. The third-order valence-corrected chi connectivity index (χ3v) is 7.32. The van der Waals surface area contributed by atoms with Gasteiger partial charge in [-0.1, -0.05) is 66.8 Å². The predicted octanol–water partition coefficient (Wildman–Crippen LogP) is 9.93. The third kappa shape index (κ3) is 5.83. The van der Waals surface area contributed by atoms with Gasteiger partial charge in [0.05, 0.1) is 5.58 Å². The number of pyridine rings is 2. The number of hydrogen-bond acceptors (Lipinski definition) is 5. The second kappa shape index (κ2) is 12.8. The maximum Gasteiger partial charge on any atom is 0.227 e. The molecule has 5 nitrogen and oxygen atoms in total. The van der Waals surface area contributed by atoms with Crippen molar-refractivity contribution in [2.75, 3.05) is 0 Å². The van der Waals surface area contributed by atoms with Crippen LogP contribution in [0.3, 0.4) is 0 Å². The molecule has 0 spiro atoms. The van der Waals surface area contributed by atoms with E-state index in [4.69, 9.17) is 8.83 Å². The number of aromatic nitrogens is 3. The van der Waals surface area contributed by atoms with Crippen molar-refractivity contribution in [1.29, 1.82) is 0 Å². The van der Waals surface area contributed by atoms with E-state index < -0.39 is 0 Å². The van der Waals surface area contributed by atoms with Crippen LogP contribution in [0, 0.1) is 12.1 Å². The van der Waals surface area contributed by atoms with Gasteiger partial charge in [0.1, 0.15) is 11.1 Å². The normalized spacial score (nSPS) is 11.0. The van der Waals surface area contributed by atoms with E-state index in [0.29, 0.717) is 11.8 Å². The van der Waals surface area contributed by atoms with Gasteiger partial charge in [-0.2, -0.15) is 0 Å². The standard InChI is InChI=1S/C27H19N2O2.C11H8N.Ir/c1-16(2)18-11-12-28-22(13-18)20-10-6-9-19-21-14-25-23(15-24(21)30-26(19)20)29-27(31-25)17-7-4-3-5-8-17;1-2-6-10(7-3-1)11-8-4-5-9-12-11;/h3-9,11-16H,1-2H3;1-6,8-9H;/q2*-1;. The van der Waals surface area contributed by atoms with Crippen molar-refractivity contribution >= 4 is 33.0 Å². The molecule has 8 rings (SSSR count). The van der Waals surface area contributed by atoms with Gasteiger partial charge in [0.25, 0.3) is 0 Å². The first-order chi connectivity index (χ1) is 21.1. The van der Waals surface area contributed by atoms with E-state index in [0.717, 1.165) is 61.1 Å². The summed E-state index contributed by atoms with van der Waals surface area (Å²) < 4.78 is 12.4. The SMILES string of the molecule is CC(C)c1ccnc(-c2[c-]ccc3c2oc2cc4nc(-c5ccccc5)oc4cc23)c1.[Ir].[c-]1ccccc1-c1ccccn1. The predicted molar refractivity (Wildman–Crippen MR) is 171 cm³/mol. The summed E-state index contributed by atoms with van der Waals surface area (Å²) in [5, 5.41) is 2.01. The molecule has 44 heavy (non-hydrogen) atoms. The first-order valence-corrected chi connectivity index (χ1v) is 14.2. The molecule has 8 aromatic rings. The van der Waals surface area contributed by atoms with E-state index in [1.54, 1.807) is 6.20 Å². The summed E-state index contributed by atoms with van der Waals surface area (Å²) in [6.45, 7) is 4.35. The van der Waals surface area contributed by atoms with Crippen molar-refractivity contribution in [2.45, 2.75) is 19.8 Å². The van der Waals surface area contributed by atoms with Gasteiger partial charge >= 0.3 is 0 Å². The average molecular weight is 750 g/mol. The maximum absolute atomic E-state index is 6.31. The van der Waals surface area contributed by atoms with Gasteiger partial charge in [-0.25, -0.2) is 4.98 Å². The molecule has 0 fully saturated rings. The number of hydrogen-bond donors (Lipinski definition) is 0. The van der Waals surface area contributed by atoms with Crippen LogP contribution in [-0.2, 0) is 20.1 Å². The summed E-state index contributed by atoms with van der Waals surface area (Å²) in [5.74, 6) is 1.03. The zero-order valence-corrected chi connectivity index (χ0v) is 26.5. The molecule has 217 valence electrons. The van der Waals surface area contributed by atoms with Crippen LogP contribution in [0.25, 0.3) is 67.0 Å². The van der Waals surface area contributed by atoms with Gasteiger partial charge in [-0.05, 0) is 47.6 Å². The molecule has 0 bridgehead atoms. The van der Waals surface area contributed by atoms with Crippen LogP contribution in [0.2, 0.25) is 0 Å². The Hall–Kier alpha value is -4.90. The number of oxazole rings is 1. The van der Waals surface area contributed by atoms with E-state index in [1.165, 1.54) is 5.56 Å². The number of furan rings is 1. The summed E-state index contributed by atoms with van der Waals surface area (Å²) in [4.78, 5) is 13.5. The Morgan fingerprint density at radius 3 is 2.25 bits per heavy atom. The van der Waals surface area contributed by atoms with Crippen molar-refractivity contribution in [3.8, 4) is 34.0 Å². The smallest absolute Gasteiger partial charge is 0.227 e. The minimum atomic E-state index is 0. The molecule has 6 heteroatoms. The topological polar surface area (TPSA) is 65.0 Å². The van der Waals surface area contributed by atoms with E-state index in [2.05, 4.69) is 53.1 Å². The van der Waals surface area contributed by atoms with Crippen LogP contribution in [-0.4, -0.2) is 15.0 Å². The van der Waals surface area contributed by atoms with Crippen molar-refractivity contribution in [3.63, 3.8) is 0 Å². The maximum atomic E-state index is 6.31. The monoisotopic (exact) mass is 750 g/mol. The summed E-state index contributed by atoms with van der Waals surface area (Å²) >= 11 is 0. The molecular weight excluding hydrogens is 723 g/mol. The first-order valence-electron chi connectivity index (χ1n) is 14.2. The van der Waals surface area contributed by atoms with Crippen LogP contribution in [0.5, 0.6) is 0 Å². The summed E-state index contributed by atoms with van der Waals surface area (Å²) in [5.41, 5.74) is 9.00. The Bertz CT molecular complexity index is 2120. The van der Waals surface area contributed by atoms with Crippen LogP contribution >= 0.6 is 0 Å². The van der Waals surface area contributed by atoms with Crippen LogP contribution in [0.4, 0.5) is 0 Å². The van der Waals surface area contributed by atoms with E-state index in [-0.39, 0.29) is 20.1 Å². The molecule has 0 aliphatic rings. The van der Waals surface area contributed by atoms with E-state index in [9.17, 15) is 0 Å². The molecule has 1 radical (unpaired) electrons. The van der Waals surface area contributed by atoms with Gasteiger partial charge in [-0.15, -0.1) is 54.1 Å². The van der Waals surface area contributed by atoms with Crippen molar-refractivity contribution in [1.82, 2.24) is 15.0 Å². The molecule has 0 amide bonds. The fourth-order valence-corrected chi connectivity index (χ4v) is 5.07. The Balaban J connectivity index is 0.000000222. The van der Waals surface area contributed by atoms with Crippen molar-refractivity contribution < 1.29 is 28.9 Å². The Morgan fingerprint density at radius 1 is 0.659 bits per heavy atom.